The van der Waals surface area contributed by atoms with Crippen molar-refractivity contribution in [3.05, 3.63) is 29.0 Å². The summed E-state index contributed by atoms with van der Waals surface area (Å²) in [5, 5.41) is 11.5. The van der Waals surface area contributed by atoms with Crippen LogP contribution in [0.3, 0.4) is 0 Å². The van der Waals surface area contributed by atoms with Crippen LogP contribution in [0.4, 0.5) is 0 Å². The van der Waals surface area contributed by atoms with Crippen LogP contribution in [0.5, 0.6) is 11.5 Å². The third-order valence-electron chi connectivity index (χ3n) is 2.27. The van der Waals surface area contributed by atoms with E-state index in [1.165, 1.54) is 0 Å². The highest BCUT2D eigenvalue weighted by atomic mass is 16.5. The van der Waals surface area contributed by atoms with Crippen molar-refractivity contribution in [3.63, 3.8) is 0 Å². The van der Waals surface area contributed by atoms with Gasteiger partial charge in [0.2, 0.25) is 0 Å². The highest BCUT2D eigenvalue weighted by Gasteiger charge is 2.07. The lowest BCUT2D eigenvalue weighted by atomic mass is 10.2. The van der Waals surface area contributed by atoms with Crippen molar-refractivity contribution in [2.24, 2.45) is 0 Å². The molecule has 0 amide bonds. The summed E-state index contributed by atoms with van der Waals surface area (Å²) < 4.78 is 11.5. The summed E-state index contributed by atoms with van der Waals surface area (Å²) in [6.07, 6.45) is 1.54. The van der Waals surface area contributed by atoms with Gasteiger partial charge in [0, 0.05) is 5.56 Å². The van der Waals surface area contributed by atoms with Gasteiger partial charge in [0.25, 0.3) is 0 Å². The second-order valence-corrected chi connectivity index (χ2v) is 3.93. The normalized spacial score (nSPS) is 11.7. The van der Waals surface area contributed by atoms with Gasteiger partial charge in [0.15, 0.2) is 23.8 Å². The molecule has 0 heterocycles. The van der Waals surface area contributed by atoms with Crippen LogP contribution in [-0.4, -0.2) is 30.7 Å². The molecule has 94 valence electrons. The van der Waals surface area contributed by atoms with Crippen LogP contribution in [0.25, 0.3) is 0 Å². The number of rotatable bonds is 5. The van der Waals surface area contributed by atoms with Crippen LogP contribution in [0.2, 0.25) is 0 Å². The Bertz CT molecular complexity index is 400. The van der Waals surface area contributed by atoms with Gasteiger partial charge >= 0.3 is 0 Å². The molecule has 0 aromatic heterocycles. The molecule has 0 N–H and O–H groups in total. The number of hydroxylamine groups is 1. The molecule has 0 saturated heterocycles. The van der Waals surface area contributed by atoms with E-state index in [1.54, 1.807) is 19.4 Å². The fraction of sp³-hybridized carbons (Fsp3) is 0.462. The topological polar surface area (TPSA) is 44.5 Å². The van der Waals surface area contributed by atoms with Gasteiger partial charge in [0.1, 0.15) is 0 Å². The molecule has 0 saturated carbocycles. The van der Waals surface area contributed by atoms with Crippen LogP contribution in [0.1, 0.15) is 26.3 Å². The van der Waals surface area contributed by atoms with Crippen molar-refractivity contribution < 1.29 is 14.2 Å². The molecule has 1 rings (SSSR count). The van der Waals surface area contributed by atoms with E-state index in [9.17, 15) is 5.21 Å². The molecule has 4 nitrogen and oxygen atoms in total. The molecular formula is C13H19NO3. The Balaban J connectivity index is 3.01. The summed E-state index contributed by atoms with van der Waals surface area (Å²) in [7, 11) is 1.58. The van der Waals surface area contributed by atoms with Gasteiger partial charge in [0.05, 0.1) is 13.7 Å². The Kier molecular flexibility index (Phi) is 4.82. The van der Waals surface area contributed by atoms with E-state index >= 15 is 0 Å². The second-order valence-electron chi connectivity index (χ2n) is 3.93. The molecule has 1 aromatic rings. The third kappa shape index (κ3) is 3.66. The molecule has 0 aliphatic carbocycles. The average Bonchev–Trinajstić information content (AvgIpc) is 2.31. The number of ether oxygens (including phenoxy) is 2. The highest BCUT2D eigenvalue weighted by Crippen LogP contribution is 2.27. The number of benzene rings is 1. The maximum atomic E-state index is 11.5. The molecule has 0 spiro atoms. The Morgan fingerprint density at radius 1 is 1.35 bits per heavy atom. The van der Waals surface area contributed by atoms with E-state index in [4.69, 9.17) is 9.47 Å². The molecule has 1 aromatic carbocycles. The summed E-state index contributed by atoms with van der Waals surface area (Å²) in [5.74, 6) is 1.33. The van der Waals surface area contributed by atoms with Crippen LogP contribution in [-0.2, 0) is 0 Å². The van der Waals surface area contributed by atoms with Crippen molar-refractivity contribution in [1.82, 2.24) is 0 Å². The lowest BCUT2D eigenvalue weighted by Gasteiger charge is -2.10. The summed E-state index contributed by atoms with van der Waals surface area (Å²) in [6, 6.07) is 5.36. The fourth-order valence-corrected chi connectivity index (χ4v) is 1.34. The molecule has 0 atom stereocenters. The standard InChI is InChI=1S/C13H19NO3/c1-5-17-12-7-6-11(8-13(12)16-4)9-14(15)10(2)3/h6-10H,5H2,1-4H3. The molecule has 0 fully saturated rings. The van der Waals surface area contributed by atoms with Gasteiger partial charge in [-0.05, 0) is 39.0 Å². The molecule has 0 aliphatic rings. The van der Waals surface area contributed by atoms with Gasteiger partial charge in [-0.15, -0.1) is 0 Å². The first-order valence-corrected chi connectivity index (χ1v) is 5.69. The average molecular weight is 237 g/mol. The molecule has 0 unspecified atom stereocenters. The third-order valence-corrected chi connectivity index (χ3v) is 2.27. The minimum atomic E-state index is -0.0763. The van der Waals surface area contributed by atoms with Crippen LogP contribution in [0, 0.1) is 5.21 Å². The quantitative estimate of drug-likeness (QED) is 0.342. The SMILES string of the molecule is CCOc1ccc(C=[N+]([O-])C(C)C)cc1OC. The Hall–Kier alpha value is -1.71. The van der Waals surface area contributed by atoms with Crippen molar-refractivity contribution in [2.45, 2.75) is 26.8 Å². The first-order chi connectivity index (χ1) is 8.08. The van der Waals surface area contributed by atoms with Crippen LogP contribution >= 0.6 is 0 Å². The predicted molar refractivity (Wildman–Crippen MR) is 68.1 cm³/mol. The van der Waals surface area contributed by atoms with Gasteiger partial charge < -0.3 is 14.7 Å². The highest BCUT2D eigenvalue weighted by molar-refractivity contribution is 5.77. The largest absolute Gasteiger partial charge is 0.624 e. The Morgan fingerprint density at radius 2 is 2.06 bits per heavy atom. The molecule has 0 aliphatic heterocycles. The monoisotopic (exact) mass is 237 g/mol. The molecule has 0 bridgehead atoms. The van der Waals surface area contributed by atoms with E-state index in [0.717, 1.165) is 10.3 Å². The molecular weight excluding hydrogens is 218 g/mol. The zero-order chi connectivity index (χ0) is 12.8. The maximum Gasteiger partial charge on any atom is 0.182 e. The van der Waals surface area contributed by atoms with E-state index in [1.807, 2.05) is 32.9 Å². The van der Waals surface area contributed by atoms with E-state index in [2.05, 4.69) is 0 Å². The summed E-state index contributed by atoms with van der Waals surface area (Å²) in [5.41, 5.74) is 0.800. The predicted octanol–water partition coefficient (Wildman–Crippen LogP) is 2.43. The number of methoxy groups -OCH3 is 1. The van der Waals surface area contributed by atoms with Crippen LogP contribution < -0.4 is 9.47 Å². The lowest BCUT2D eigenvalue weighted by Crippen LogP contribution is -2.14. The Morgan fingerprint density at radius 3 is 2.59 bits per heavy atom. The number of hydrogen-bond acceptors (Lipinski definition) is 3. The first kappa shape index (κ1) is 13.4. The van der Waals surface area contributed by atoms with Gasteiger partial charge in [-0.2, -0.15) is 0 Å². The summed E-state index contributed by atoms with van der Waals surface area (Å²) in [6.45, 7) is 6.18. The first-order valence-electron chi connectivity index (χ1n) is 5.69. The van der Waals surface area contributed by atoms with Gasteiger partial charge in [-0.1, -0.05) is 0 Å². The van der Waals surface area contributed by atoms with E-state index in [0.29, 0.717) is 18.1 Å². The minimum Gasteiger partial charge on any atom is -0.624 e. The van der Waals surface area contributed by atoms with Crippen molar-refractivity contribution >= 4 is 6.21 Å². The van der Waals surface area contributed by atoms with Crippen molar-refractivity contribution in [1.29, 1.82) is 0 Å². The van der Waals surface area contributed by atoms with Gasteiger partial charge in [-0.3, -0.25) is 0 Å². The van der Waals surface area contributed by atoms with E-state index < -0.39 is 0 Å². The molecule has 4 heteroatoms. The number of hydrogen-bond donors (Lipinski definition) is 0. The maximum absolute atomic E-state index is 11.5. The molecule has 0 radical (unpaired) electrons. The van der Waals surface area contributed by atoms with E-state index in [-0.39, 0.29) is 6.04 Å². The smallest absolute Gasteiger partial charge is 0.182 e. The lowest BCUT2D eigenvalue weighted by molar-refractivity contribution is -0.487. The molecule has 17 heavy (non-hydrogen) atoms. The van der Waals surface area contributed by atoms with Crippen molar-refractivity contribution in [3.8, 4) is 11.5 Å². The fourth-order valence-electron chi connectivity index (χ4n) is 1.34. The second kappa shape index (κ2) is 6.13. The summed E-state index contributed by atoms with van der Waals surface area (Å²) in [4.78, 5) is 0. The summed E-state index contributed by atoms with van der Waals surface area (Å²) >= 11 is 0. The zero-order valence-electron chi connectivity index (χ0n) is 10.8. The van der Waals surface area contributed by atoms with Crippen molar-refractivity contribution in [2.75, 3.05) is 13.7 Å². The number of nitrogens with zero attached hydrogens (tertiary/aromatic N) is 1. The minimum absolute atomic E-state index is 0.0763. The zero-order valence-corrected chi connectivity index (χ0v) is 10.8. The Labute approximate surface area is 102 Å². The van der Waals surface area contributed by atoms with Crippen LogP contribution in [0.15, 0.2) is 18.2 Å². The van der Waals surface area contributed by atoms with Gasteiger partial charge in [-0.25, -0.2) is 4.74 Å².